The largest absolute Gasteiger partial charge is 0.438 e. The maximum Gasteiger partial charge on any atom is 0.261 e. The summed E-state index contributed by atoms with van der Waals surface area (Å²) in [4.78, 5) is 21.2. The molecule has 29 heavy (non-hydrogen) atoms. The fraction of sp³-hybridized carbons (Fsp3) is 0.0952. The van der Waals surface area contributed by atoms with E-state index in [9.17, 15) is 4.79 Å². The van der Waals surface area contributed by atoms with Crippen LogP contribution in [0.5, 0.6) is 11.6 Å². The fourth-order valence-electron chi connectivity index (χ4n) is 2.38. The lowest BCUT2D eigenvalue weighted by Gasteiger charge is -2.09. The van der Waals surface area contributed by atoms with E-state index in [4.69, 9.17) is 26.9 Å². The number of hydrogen-bond acceptors (Lipinski definition) is 5. The number of carbonyl (C=O) groups is 1. The summed E-state index contributed by atoms with van der Waals surface area (Å²) in [6.07, 6.45) is 1.58. The summed E-state index contributed by atoms with van der Waals surface area (Å²) >= 11 is 5.92. The number of aromatic nitrogens is 1. The van der Waals surface area contributed by atoms with Crippen LogP contribution >= 0.6 is 11.6 Å². The Hall–Kier alpha value is -3.58. The molecule has 1 amide bonds. The van der Waals surface area contributed by atoms with Crippen LogP contribution in [0.3, 0.4) is 0 Å². The first-order valence-corrected chi connectivity index (χ1v) is 9.14. The molecule has 0 aliphatic carbocycles. The van der Waals surface area contributed by atoms with Gasteiger partial charge in [-0.25, -0.2) is 4.98 Å². The maximum atomic E-state index is 11.9. The Morgan fingerprint density at radius 3 is 2.72 bits per heavy atom. The highest BCUT2D eigenvalue weighted by molar-refractivity contribution is 6.30. The van der Waals surface area contributed by atoms with Gasteiger partial charge in [-0.3, -0.25) is 4.79 Å². The van der Waals surface area contributed by atoms with Crippen LogP contribution in [0.4, 0.5) is 0 Å². The van der Waals surface area contributed by atoms with Crippen molar-refractivity contribution in [1.82, 2.24) is 10.3 Å². The van der Waals surface area contributed by atoms with Gasteiger partial charge in [0.25, 0.3) is 5.91 Å². The van der Waals surface area contributed by atoms with Gasteiger partial charge in [0, 0.05) is 17.8 Å². The number of nitrogens with two attached hydrogens (primary N) is 1. The van der Waals surface area contributed by atoms with Crippen molar-refractivity contribution in [2.24, 2.45) is 10.9 Å². The normalized spacial score (nSPS) is 11.0. The number of nitrogens with zero attached hydrogens (tertiary/aromatic N) is 2. The summed E-state index contributed by atoms with van der Waals surface area (Å²) in [5, 5.41) is 7.12. The lowest BCUT2D eigenvalue weighted by molar-refractivity contribution is -0.125. The van der Waals surface area contributed by atoms with Crippen molar-refractivity contribution >= 4 is 23.3 Å². The van der Waals surface area contributed by atoms with E-state index in [1.165, 1.54) is 0 Å². The number of pyridine rings is 1. The summed E-state index contributed by atoms with van der Waals surface area (Å²) in [5.41, 5.74) is 7.31. The average Bonchev–Trinajstić information content (AvgIpc) is 2.73. The lowest BCUT2D eigenvalue weighted by Crippen LogP contribution is -2.27. The van der Waals surface area contributed by atoms with Gasteiger partial charge in [0.15, 0.2) is 12.4 Å². The molecule has 0 spiro atoms. The van der Waals surface area contributed by atoms with E-state index in [-0.39, 0.29) is 24.2 Å². The standard InChI is InChI=1S/C21H19ClN4O3/c22-16-7-4-6-15(12-16)13-25-19(27)14-28-26-20(23)18-10-5-11-24-21(18)29-17-8-2-1-3-9-17/h1-12H,13-14H2,(H2,23,26)(H,25,27). The SMILES string of the molecule is N/C(=N/OCC(=O)NCc1cccc(Cl)c1)c1cccnc1Oc1ccccc1. The summed E-state index contributed by atoms with van der Waals surface area (Å²) in [7, 11) is 0. The zero-order chi connectivity index (χ0) is 20.5. The zero-order valence-electron chi connectivity index (χ0n) is 15.4. The topological polar surface area (TPSA) is 98.8 Å². The van der Waals surface area contributed by atoms with Gasteiger partial charge in [0.1, 0.15) is 5.75 Å². The summed E-state index contributed by atoms with van der Waals surface area (Å²) < 4.78 is 5.74. The predicted octanol–water partition coefficient (Wildman–Crippen LogP) is 3.48. The second-order valence-electron chi connectivity index (χ2n) is 5.93. The Morgan fingerprint density at radius 1 is 1.10 bits per heavy atom. The van der Waals surface area contributed by atoms with E-state index in [0.29, 0.717) is 22.9 Å². The highest BCUT2D eigenvalue weighted by Crippen LogP contribution is 2.22. The van der Waals surface area contributed by atoms with Crippen LogP contribution in [0.25, 0.3) is 0 Å². The molecule has 2 aromatic carbocycles. The number of amides is 1. The minimum Gasteiger partial charge on any atom is -0.438 e. The Kier molecular flexibility index (Phi) is 7.02. The number of halogens is 1. The Bertz CT molecular complexity index is 996. The summed E-state index contributed by atoms with van der Waals surface area (Å²) in [5.74, 6) is 0.607. The molecule has 1 aromatic heterocycles. The monoisotopic (exact) mass is 410 g/mol. The van der Waals surface area contributed by atoms with Gasteiger partial charge in [0.2, 0.25) is 5.88 Å². The quantitative estimate of drug-likeness (QED) is 0.336. The number of nitrogens with one attached hydrogen (secondary N) is 1. The molecule has 8 heteroatoms. The number of para-hydroxylation sites is 1. The number of hydrogen-bond donors (Lipinski definition) is 2. The van der Waals surface area contributed by atoms with Crippen molar-refractivity contribution in [3.05, 3.63) is 89.1 Å². The first-order valence-electron chi connectivity index (χ1n) is 8.76. The van der Waals surface area contributed by atoms with Crippen LogP contribution in [-0.2, 0) is 16.2 Å². The van der Waals surface area contributed by atoms with Crippen LogP contribution in [0.2, 0.25) is 5.02 Å². The van der Waals surface area contributed by atoms with E-state index in [2.05, 4.69) is 15.5 Å². The number of ether oxygens (including phenoxy) is 1. The van der Waals surface area contributed by atoms with Gasteiger partial charge in [-0.15, -0.1) is 0 Å². The van der Waals surface area contributed by atoms with E-state index in [1.807, 2.05) is 30.3 Å². The molecule has 0 aliphatic rings. The van der Waals surface area contributed by atoms with Crippen LogP contribution in [0.15, 0.2) is 78.1 Å². The van der Waals surface area contributed by atoms with E-state index in [0.717, 1.165) is 5.56 Å². The van der Waals surface area contributed by atoms with E-state index in [1.54, 1.807) is 42.6 Å². The van der Waals surface area contributed by atoms with Crippen molar-refractivity contribution in [3.63, 3.8) is 0 Å². The molecule has 3 aromatic rings. The molecule has 3 N–H and O–H groups in total. The van der Waals surface area contributed by atoms with Gasteiger partial charge in [-0.1, -0.05) is 47.1 Å². The summed E-state index contributed by atoms with van der Waals surface area (Å²) in [6.45, 7) is 0.0516. The number of carbonyl (C=O) groups excluding carboxylic acids is 1. The molecular formula is C21H19ClN4O3. The minimum absolute atomic E-state index is 0.0478. The number of oxime groups is 1. The smallest absolute Gasteiger partial charge is 0.261 e. The molecule has 0 radical (unpaired) electrons. The molecule has 0 unspecified atom stereocenters. The van der Waals surface area contributed by atoms with Crippen molar-refractivity contribution in [3.8, 4) is 11.6 Å². The average molecular weight is 411 g/mol. The third-order valence-electron chi connectivity index (χ3n) is 3.74. The molecule has 1 heterocycles. The first kappa shape index (κ1) is 20.2. The number of amidine groups is 1. The van der Waals surface area contributed by atoms with Crippen molar-refractivity contribution in [2.75, 3.05) is 6.61 Å². The van der Waals surface area contributed by atoms with Crippen LogP contribution < -0.4 is 15.8 Å². The second kappa shape index (κ2) is 10.1. The molecule has 7 nitrogen and oxygen atoms in total. The second-order valence-corrected chi connectivity index (χ2v) is 6.36. The van der Waals surface area contributed by atoms with Crippen molar-refractivity contribution in [2.45, 2.75) is 6.54 Å². The third-order valence-corrected chi connectivity index (χ3v) is 3.98. The summed E-state index contributed by atoms with van der Waals surface area (Å²) in [6, 6.07) is 19.8. The fourth-order valence-corrected chi connectivity index (χ4v) is 2.59. The van der Waals surface area contributed by atoms with Gasteiger partial charge in [-0.2, -0.15) is 0 Å². The molecule has 3 rings (SSSR count). The van der Waals surface area contributed by atoms with E-state index < -0.39 is 0 Å². The number of rotatable bonds is 8. The van der Waals surface area contributed by atoms with Gasteiger partial charge < -0.3 is 20.6 Å². The van der Waals surface area contributed by atoms with Gasteiger partial charge in [0.05, 0.1) is 5.56 Å². The predicted molar refractivity (Wildman–Crippen MR) is 111 cm³/mol. The highest BCUT2D eigenvalue weighted by atomic mass is 35.5. The first-order chi connectivity index (χ1) is 14.1. The molecule has 0 fully saturated rings. The minimum atomic E-state index is -0.339. The van der Waals surface area contributed by atoms with E-state index >= 15 is 0 Å². The highest BCUT2D eigenvalue weighted by Gasteiger charge is 2.11. The van der Waals surface area contributed by atoms with Gasteiger partial charge in [-0.05, 0) is 42.0 Å². The van der Waals surface area contributed by atoms with Crippen molar-refractivity contribution < 1.29 is 14.4 Å². The Balaban J connectivity index is 1.55. The van der Waals surface area contributed by atoms with Crippen LogP contribution in [0.1, 0.15) is 11.1 Å². The molecule has 0 atom stereocenters. The van der Waals surface area contributed by atoms with Crippen LogP contribution in [0, 0.1) is 0 Å². The zero-order valence-corrected chi connectivity index (χ0v) is 16.2. The van der Waals surface area contributed by atoms with Crippen LogP contribution in [-0.4, -0.2) is 23.3 Å². The molecule has 0 saturated heterocycles. The Labute approximate surface area is 173 Å². The van der Waals surface area contributed by atoms with Crippen molar-refractivity contribution in [1.29, 1.82) is 0 Å². The molecular weight excluding hydrogens is 392 g/mol. The molecule has 148 valence electrons. The number of benzene rings is 2. The maximum absolute atomic E-state index is 11.9. The Morgan fingerprint density at radius 2 is 1.93 bits per heavy atom. The molecule has 0 saturated carbocycles. The third kappa shape index (κ3) is 6.22. The molecule has 0 aliphatic heterocycles. The molecule has 0 bridgehead atoms. The lowest BCUT2D eigenvalue weighted by atomic mass is 10.2. The van der Waals surface area contributed by atoms with Gasteiger partial charge >= 0.3 is 0 Å².